The minimum Gasteiger partial charge on any atom is -0.465 e. The van der Waals surface area contributed by atoms with Gasteiger partial charge in [-0.25, -0.2) is 9.78 Å². The van der Waals surface area contributed by atoms with Gasteiger partial charge in [-0.1, -0.05) is 12.1 Å². The van der Waals surface area contributed by atoms with Crippen LogP contribution in [0, 0.1) is 0 Å². The van der Waals surface area contributed by atoms with E-state index in [2.05, 4.69) is 10.3 Å². The molecule has 0 atom stereocenters. The van der Waals surface area contributed by atoms with Gasteiger partial charge in [0.2, 0.25) is 0 Å². The molecular weight excluding hydrogens is 268 g/mol. The smallest absolute Gasteiger partial charge is 0.340 e. The van der Waals surface area contributed by atoms with Crippen LogP contribution in [0.25, 0.3) is 0 Å². The largest absolute Gasteiger partial charge is 0.465 e. The number of anilines is 4. The highest BCUT2D eigenvalue weighted by atomic mass is 16.5. The van der Waals surface area contributed by atoms with Crippen LogP contribution in [0.15, 0.2) is 36.5 Å². The molecule has 3 N–H and O–H groups in total. The summed E-state index contributed by atoms with van der Waals surface area (Å²) in [6.45, 7) is 0. The average molecular weight is 286 g/mol. The molecule has 0 aliphatic carbocycles. The second-order valence-electron chi connectivity index (χ2n) is 4.68. The van der Waals surface area contributed by atoms with Gasteiger partial charge in [0, 0.05) is 14.1 Å². The number of nitrogens with one attached hydrogen (secondary N) is 1. The van der Waals surface area contributed by atoms with Crippen LogP contribution in [0.2, 0.25) is 0 Å². The summed E-state index contributed by atoms with van der Waals surface area (Å²) in [5.74, 6) is 0.0396. The zero-order valence-corrected chi connectivity index (χ0v) is 12.3. The number of ether oxygens (including phenoxy) is 1. The lowest BCUT2D eigenvalue weighted by Gasteiger charge is -2.18. The molecule has 0 saturated heterocycles. The molecule has 0 saturated carbocycles. The highest BCUT2D eigenvalue weighted by Crippen LogP contribution is 2.27. The first-order valence-corrected chi connectivity index (χ1v) is 6.40. The number of methoxy groups -OCH3 is 1. The molecule has 6 nitrogen and oxygen atoms in total. The Kier molecular flexibility index (Phi) is 4.27. The number of esters is 1. The third-order valence-corrected chi connectivity index (χ3v) is 2.99. The predicted octanol–water partition coefficient (Wildman–Crippen LogP) is 2.26. The number of hydrogen-bond acceptors (Lipinski definition) is 6. The minimum atomic E-state index is -0.487. The summed E-state index contributed by atoms with van der Waals surface area (Å²) in [4.78, 5) is 17.8. The molecule has 2 rings (SSSR count). The van der Waals surface area contributed by atoms with Crippen LogP contribution in [0.5, 0.6) is 0 Å². The molecule has 0 aliphatic heterocycles. The fourth-order valence-corrected chi connectivity index (χ4v) is 1.93. The maximum absolute atomic E-state index is 11.6. The van der Waals surface area contributed by atoms with Gasteiger partial charge in [0.1, 0.15) is 5.82 Å². The fourth-order valence-electron chi connectivity index (χ4n) is 1.93. The lowest BCUT2D eigenvalue weighted by atomic mass is 10.2. The zero-order valence-electron chi connectivity index (χ0n) is 12.3. The molecule has 1 aromatic heterocycles. The van der Waals surface area contributed by atoms with Gasteiger partial charge in [-0.3, -0.25) is 0 Å². The molecule has 0 unspecified atom stereocenters. The lowest BCUT2D eigenvalue weighted by molar-refractivity contribution is 0.0602. The normalized spacial score (nSPS) is 10.0. The van der Waals surface area contributed by atoms with Crippen LogP contribution in [0.1, 0.15) is 10.4 Å². The molecule has 0 radical (unpaired) electrons. The van der Waals surface area contributed by atoms with Crippen LogP contribution in [0.4, 0.5) is 22.9 Å². The summed E-state index contributed by atoms with van der Waals surface area (Å²) in [7, 11) is 5.23. The summed E-state index contributed by atoms with van der Waals surface area (Å²) >= 11 is 0. The number of pyridine rings is 1. The molecule has 0 amide bonds. The highest BCUT2D eigenvalue weighted by molar-refractivity contribution is 5.95. The topological polar surface area (TPSA) is 80.5 Å². The Morgan fingerprint density at radius 3 is 2.71 bits per heavy atom. The van der Waals surface area contributed by atoms with E-state index in [-0.39, 0.29) is 11.3 Å². The number of hydrogen-bond donors (Lipinski definition) is 2. The number of aromatic nitrogens is 1. The van der Waals surface area contributed by atoms with Gasteiger partial charge in [-0.15, -0.1) is 0 Å². The number of para-hydroxylation sites is 2. The van der Waals surface area contributed by atoms with Gasteiger partial charge in [-0.2, -0.15) is 0 Å². The summed E-state index contributed by atoms with van der Waals surface area (Å²) in [6, 6.07) is 9.38. The molecule has 6 heteroatoms. The van der Waals surface area contributed by atoms with E-state index >= 15 is 0 Å². The van der Waals surface area contributed by atoms with Gasteiger partial charge >= 0.3 is 5.97 Å². The van der Waals surface area contributed by atoms with Crippen molar-refractivity contribution in [3.8, 4) is 0 Å². The first-order chi connectivity index (χ1) is 10.0. The molecule has 2 aromatic rings. The van der Waals surface area contributed by atoms with E-state index in [1.165, 1.54) is 13.3 Å². The molecular formula is C15H18N4O2. The van der Waals surface area contributed by atoms with Crippen molar-refractivity contribution in [1.29, 1.82) is 0 Å². The Morgan fingerprint density at radius 2 is 2.05 bits per heavy atom. The maximum atomic E-state index is 11.6. The van der Waals surface area contributed by atoms with Crippen LogP contribution in [-0.4, -0.2) is 32.2 Å². The van der Waals surface area contributed by atoms with E-state index in [1.54, 1.807) is 6.07 Å². The van der Waals surface area contributed by atoms with Crippen molar-refractivity contribution in [3.05, 3.63) is 42.1 Å². The van der Waals surface area contributed by atoms with E-state index < -0.39 is 5.97 Å². The van der Waals surface area contributed by atoms with E-state index in [0.717, 1.165) is 11.4 Å². The standard InChI is InChI=1S/C15H18N4O2/c1-19(2)13-7-5-4-6-12(13)18-14-8-10(15(20)21-3)11(16)9-17-14/h4-9H,16H2,1-3H3,(H,17,18). The predicted molar refractivity (Wildman–Crippen MR) is 84.0 cm³/mol. The SMILES string of the molecule is COC(=O)c1cc(Nc2ccccc2N(C)C)ncc1N. The Hall–Kier alpha value is -2.76. The third kappa shape index (κ3) is 3.22. The quantitative estimate of drug-likeness (QED) is 0.839. The van der Waals surface area contributed by atoms with Crippen molar-refractivity contribution in [2.45, 2.75) is 0 Å². The molecule has 0 bridgehead atoms. The van der Waals surface area contributed by atoms with Gasteiger partial charge in [0.05, 0.1) is 35.9 Å². The van der Waals surface area contributed by atoms with Crippen molar-refractivity contribution in [3.63, 3.8) is 0 Å². The molecule has 21 heavy (non-hydrogen) atoms. The summed E-state index contributed by atoms with van der Waals surface area (Å²) in [5, 5.41) is 3.18. The van der Waals surface area contributed by atoms with Gasteiger partial charge < -0.3 is 20.7 Å². The van der Waals surface area contributed by atoms with Crippen LogP contribution < -0.4 is 16.0 Å². The Bertz CT molecular complexity index is 656. The van der Waals surface area contributed by atoms with Gasteiger partial charge in [-0.05, 0) is 18.2 Å². The molecule has 110 valence electrons. The van der Waals surface area contributed by atoms with Crippen molar-refractivity contribution in [1.82, 2.24) is 4.98 Å². The van der Waals surface area contributed by atoms with E-state index in [1.807, 2.05) is 43.3 Å². The lowest BCUT2D eigenvalue weighted by Crippen LogP contribution is -2.11. The molecule has 0 fully saturated rings. The van der Waals surface area contributed by atoms with Gasteiger partial charge in [0.15, 0.2) is 0 Å². The summed E-state index contributed by atoms with van der Waals surface area (Å²) in [6.07, 6.45) is 1.44. The first-order valence-electron chi connectivity index (χ1n) is 6.40. The van der Waals surface area contributed by atoms with Crippen molar-refractivity contribution in [2.24, 2.45) is 0 Å². The maximum Gasteiger partial charge on any atom is 0.340 e. The van der Waals surface area contributed by atoms with Gasteiger partial charge in [0.25, 0.3) is 0 Å². The number of carbonyl (C=O) groups is 1. The number of nitrogens with zero attached hydrogens (tertiary/aromatic N) is 2. The fraction of sp³-hybridized carbons (Fsp3) is 0.200. The summed E-state index contributed by atoms with van der Waals surface area (Å²) in [5.41, 5.74) is 8.21. The van der Waals surface area contributed by atoms with Crippen molar-refractivity contribution >= 4 is 28.8 Å². The summed E-state index contributed by atoms with van der Waals surface area (Å²) < 4.78 is 4.70. The van der Waals surface area contributed by atoms with Crippen LogP contribution >= 0.6 is 0 Å². The third-order valence-electron chi connectivity index (χ3n) is 2.99. The number of rotatable bonds is 4. The number of carbonyl (C=O) groups excluding carboxylic acids is 1. The average Bonchev–Trinajstić information content (AvgIpc) is 2.48. The van der Waals surface area contributed by atoms with E-state index in [9.17, 15) is 4.79 Å². The molecule has 1 aromatic carbocycles. The molecule has 0 spiro atoms. The first kappa shape index (κ1) is 14.6. The van der Waals surface area contributed by atoms with Crippen molar-refractivity contribution < 1.29 is 9.53 Å². The highest BCUT2D eigenvalue weighted by Gasteiger charge is 2.12. The second-order valence-corrected chi connectivity index (χ2v) is 4.68. The Morgan fingerprint density at radius 1 is 1.33 bits per heavy atom. The van der Waals surface area contributed by atoms with Crippen molar-refractivity contribution in [2.75, 3.05) is 37.2 Å². The van der Waals surface area contributed by atoms with Crippen LogP contribution in [-0.2, 0) is 4.74 Å². The monoisotopic (exact) mass is 286 g/mol. The Labute approximate surface area is 123 Å². The zero-order chi connectivity index (χ0) is 15.4. The van der Waals surface area contributed by atoms with E-state index in [0.29, 0.717) is 5.82 Å². The van der Waals surface area contributed by atoms with Crippen LogP contribution in [0.3, 0.4) is 0 Å². The Balaban J connectivity index is 2.35. The number of nitrogen functional groups attached to an aromatic ring is 1. The molecule has 0 aliphatic rings. The number of nitrogens with two attached hydrogens (primary N) is 1. The second kappa shape index (κ2) is 6.13. The number of benzene rings is 1. The molecule has 1 heterocycles. The van der Waals surface area contributed by atoms with E-state index in [4.69, 9.17) is 10.5 Å². The minimum absolute atomic E-state index is 0.285.